The van der Waals surface area contributed by atoms with Crippen molar-refractivity contribution < 1.29 is 9.47 Å². The van der Waals surface area contributed by atoms with Crippen LogP contribution in [-0.4, -0.2) is 13.2 Å². The highest BCUT2D eigenvalue weighted by molar-refractivity contribution is 7.23. The highest BCUT2D eigenvalue weighted by Crippen LogP contribution is 2.67. The summed E-state index contributed by atoms with van der Waals surface area (Å²) in [7, 11) is 0. The van der Waals surface area contributed by atoms with Gasteiger partial charge < -0.3 is 9.47 Å². The van der Waals surface area contributed by atoms with Gasteiger partial charge in [-0.25, -0.2) is 0 Å². The lowest BCUT2D eigenvalue weighted by atomic mass is 10.1. The molecule has 0 N–H and O–H groups in total. The van der Waals surface area contributed by atoms with Crippen LogP contribution < -0.4 is 9.47 Å². The van der Waals surface area contributed by atoms with Gasteiger partial charge in [-0.15, -0.1) is 0 Å². The Morgan fingerprint density at radius 3 is 1.52 bits per heavy atom. The fourth-order valence-corrected chi connectivity index (χ4v) is 4.55. The molecule has 0 bridgehead atoms. The van der Waals surface area contributed by atoms with Gasteiger partial charge in [0.15, 0.2) is 10.8 Å². The Kier molecular flexibility index (Phi) is 12.0. The molecule has 1 aliphatic carbocycles. The topological polar surface area (TPSA) is 18.5 Å². The molecule has 1 aliphatic heterocycles. The molecular formula is C24H42O2S. The molecular weight excluding hydrogens is 352 g/mol. The Morgan fingerprint density at radius 1 is 0.556 bits per heavy atom. The van der Waals surface area contributed by atoms with Crippen molar-refractivity contribution in [2.75, 3.05) is 13.2 Å². The monoisotopic (exact) mass is 394 g/mol. The van der Waals surface area contributed by atoms with Crippen molar-refractivity contribution in [1.82, 2.24) is 0 Å². The second-order valence-corrected chi connectivity index (χ2v) is 9.05. The second kappa shape index (κ2) is 14.3. The van der Waals surface area contributed by atoms with E-state index in [2.05, 4.69) is 13.8 Å². The van der Waals surface area contributed by atoms with Gasteiger partial charge in [0.25, 0.3) is 0 Å². The van der Waals surface area contributed by atoms with Crippen molar-refractivity contribution in [3.05, 3.63) is 0 Å². The minimum atomic E-state index is 0.874. The lowest BCUT2D eigenvalue weighted by molar-refractivity contribution is 0.307. The van der Waals surface area contributed by atoms with Crippen LogP contribution in [0.3, 0.4) is 0 Å². The van der Waals surface area contributed by atoms with Crippen molar-refractivity contribution in [1.29, 1.82) is 0 Å². The normalized spacial score (nSPS) is 11.8. The maximum atomic E-state index is 5.93. The molecule has 0 fully saturated rings. The van der Waals surface area contributed by atoms with E-state index in [4.69, 9.17) is 9.47 Å². The maximum absolute atomic E-state index is 5.93. The summed E-state index contributed by atoms with van der Waals surface area (Å²) in [6.07, 6.45) is 21.6. The maximum Gasteiger partial charge on any atom is 0.187 e. The van der Waals surface area contributed by atoms with Crippen molar-refractivity contribution in [2.24, 2.45) is 0 Å². The first-order valence-corrected chi connectivity index (χ1v) is 12.6. The van der Waals surface area contributed by atoms with Crippen LogP contribution >= 0.6 is 11.3 Å². The Morgan fingerprint density at radius 2 is 1.00 bits per heavy atom. The van der Waals surface area contributed by atoms with Gasteiger partial charge in [0.1, 0.15) is 0 Å². The van der Waals surface area contributed by atoms with E-state index in [0.29, 0.717) is 0 Å². The summed E-state index contributed by atoms with van der Waals surface area (Å²) in [6.45, 7) is 6.31. The van der Waals surface area contributed by atoms with Crippen LogP contribution in [0.2, 0.25) is 0 Å². The van der Waals surface area contributed by atoms with Crippen LogP contribution in [0.4, 0.5) is 0 Å². The molecule has 0 saturated carbocycles. The Bertz CT molecular complexity index is 468. The highest BCUT2D eigenvalue weighted by Gasteiger charge is 2.38. The quantitative estimate of drug-likeness (QED) is 0.209. The fraction of sp³-hybridized carbons (Fsp3) is 0.833. The first-order valence-electron chi connectivity index (χ1n) is 11.8. The van der Waals surface area contributed by atoms with Crippen LogP contribution in [-0.2, 0) is 0 Å². The number of fused-ring (bicyclic) bond motifs is 1. The molecule has 156 valence electrons. The van der Waals surface area contributed by atoms with E-state index >= 15 is 0 Å². The first-order chi connectivity index (χ1) is 13.4. The van der Waals surface area contributed by atoms with Crippen molar-refractivity contribution in [2.45, 2.75) is 117 Å². The summed E-state index contributed by atoms with van der Waals surface area (Å²) in [5, 5.41) is 1.12. The molecule has 0 unspecified atom stereocenters. The van der Waals surface area contributed by atoms with Gasteiger partial charge >= 0.3 is 0 Å². The van der Waals surface area contributed by atoms with Gasteiger partial charge in [0.2, 0.25) is 0 Å². The third-order valence-electron chi connectivity index (χ3n) is 5.47. The van der Waals surface area contributed by atoms with Gasteiger partial charge in [0, 0.05) is 0 Å². The fourth-order valence-electron chi connectivity index (χ4n) is 3.58. The molecule has 0 saturated heterocycles. The molecule has 0 aromatic carbocycles. The van der Waals surface area contributed by atoms with Crippen LogP contribution in [0.5, 0.6) is 10.8 Å². The van der Waals surface area contributed by atoms with E-state index in [0.717, 1.165) is 24.0 Å². The van der Waals surface area contributed by atoms with Crippen LogP contribution in [0, 0.1) is 0 Å². The van der Waals surface area contributed by atoms with E-state index in [1.165, 1.54) is 113 Å². The Labute approximate surface area is 172 Å². The molecule has 1 heterocycles. The third kappa shape index (κ3) is 8.89. The molecule has 2 rings (SSSR count). The standard InChI is InChI=1S/C24H42O2S/c1-3-5-7-9-11-13-15-17-19-25-22-21-23(22)27-24(21)26-20-18-16-14-12-10-8-6-4-2/h3-20H2,1-2H3. The number of hydrogen-bond donors (Lipinski definition) is 0. The zero-order chi connectivity index (χ0) is 19.2. The number of ether oxygens (including phenoxy) is 2. The first kappa shape index (κ1) is 22.6. The van der Waals surface area contributed by atoms with E-state index in [1.807, 2.05) is 0 Å². The molecule has 0 atom stereocenters. The average Bonchev–Trinajstić information content (AvgIpc) is 3.24. The van der Waals surface area contributed by atoms with Gasteiger partial charge in [-0.05, 0) is 12.8 Å². The number of hydrogen-bond acceptors (Lipinski definition) is 3. The molecule has 3 heteroatoms. The summed E-state index contributed by atoms with van der Waals surface area (Å²) < 4.78 is 11.8. The molecule has 0 aromatic rings. The Hall–Kier alpha value is -0.700. The zero-order valence-electron chi connectivity index (χ0n) is 18.0. The molecule has 2 nitrogen and oxygen atoms in total. The van der Waals surface area contributed by atoms with Crippen molar-refractivity contribution in [3.8, 4) is 21.3 Å². The van der Waals surface area contributed by atoms with Crippen LogP contribution in [0.25, 0.3) is 10.4 Å². The van der Waals surface area contributed by atoms with E-state index in [-0.39, 0.29) is 0 Å². The summed E-state index contributed by atoms with van der Waals surface area (Å²) in [5.41, 5.74) is 1.30. The number of rotatable bonds is 20. The predicted molar refractivity (Wildman–Crippen MR) is 120 cm³/mol. The van der Waals surface area contributed by atoms with Gasteiger partial charge in [0.05, 0.1) is 23.7 Å². The Balaban J connectivity index is 1.38. The average molecular weight is 395 g/mol. The largest absolute Gasteiger partial charge is 0.491 e. The number of unbranched alkanes of at least 4 members (excludes halogenated alkanes) is 14. The van der Waals surface area contributed by atoms with Crippen molar-refractivity contribution in [3.63, 3.8) is 0 Å². The number of thiophene rings is 1. The summed E-state index contributed by atoms with van der Waals surface area (Å²) in [5.74, 6) is 1.15. The molecule has 2 aliphatic rings. The van der Waals surface area contributed by atoms with E-state index in [1.54, 1.807) is 11.3 Å². The molecule has 0 spiro atoms. The molecule has 0 amide bonds. The van der Waals surface area contributed by atoms with Gasteiger partial charge in [-0.3, -0.25) is 0 Å². The van der Waals surface area contributed by atoms with Crippen LogP contribution in [0.15, 0.2) is 0 Å². The van der Waals surface area contributed by atoms with E-state index in [9.17, 15) is 0 Å². The highest BCUT2D eigenvalue weighted by atomic mass is 32.1. The van der Waals surface area contributed by atoms with Gasteiger partial charge in [-0.1, -0.05) is 115 Å². The summed E-state index contributed by atoms with van der Waals surface area (Å²) in [4.78, 5) is 1.36. The second-order valence-electron chi connectivity index (χ2n) is 8.07. The van der Waals surface area contributed by atoms with Crippen molar-refractivity contribution >= 4 is 11.3 Å². The minimum Gasteiger partial charge on any atom is -0.491 e. The molecule has 0 radical (unpaired) electrons. The zero-order valence-corrected chi connectivity index (χ0v) is 18.8. The molecule has 27 heavy (non-hydrogen) atoms. The van der Waals surface area contributed by atoms with E-state index < -0.39 is 0 Å². The van der Waals surface area contributed by atoms with Gasteiger partial charge in [-0.2, -0.15) is 0 Å². The lowest BCUT2D eigenvalue weighted by Gasteiger charge is -2.06. The lowest BCUT2D eigenvalue weighted by Crippen LogP contribution is -1.97. The minimum absolute atomic E-state index is 0.874. The SMILES string of the molecule is CCCCCCCCCCOc1sc2c(OCCCCCCCCCC)c1-2. The van der Waals surface area contributed by atoms with Crippen LogP contribution in [0.1, 0.15) is 117 Å². The smallest absolute Gasteiger partial charge is 0.187 e. The summed E-state index contributed by atoms with van der Waals surface area (Å²) >= 11 is 1.78. The molecule has 0 aromatic heterocycles. The summed E-state index contributed by atoms with van der Waals surface area (Å²) in [6, 6.07) is 0. The third-order valence-corrected chi connectivity index (χ3v) is 6.57. The predicted octanol–water partition coefficient (Wildman–Crippen LogP) is 8.77.